The van der Waals surface area contributed by atoms with Crippen LogP contribution in [0.5, 0.6) is 0 Å². The van der Waals surface area contributed by atoms with Crippen molar-refractivity contribution >= 4 is 35.0 Å². The standard InChI is InChI=1S/C14H12Cl2OS/c1-18-13-5-3-2-4-11(13)14(17)10-7-6-9(15)8-12(10)16/h2-8,14,17H,1H3. The third-order valence-electron chi connectivity index (χ3n) is 2.69. The molecular formula is C14H12Cl2OS. The molecule has 0 heterocycles. The molecule has 0 saturated carbocycles. The molecule has 0 bridgehead atoms. The van der Waals surface area contributed by atoms with Gasteiger partial charge in [-0.1, -0.05) is 47.5 Å². The quantitative estimate of drug-likeness (QED) is 0.822. The van der Waals surface area contributed by atoms with Crippen LogP contribution in [0.25, 0.3) is 0 Å². The zero-order valence-electron chi connectivity index (χ0n) is 9.73. The first-order valence-electron chi connectivity index (χ1n) is 5.39. The monoisotopic (exact) mass is 298 g/mol. The summed E-state index contributed by atoms with van der Waals surface area (Å²) in [6.45, 7) is 0. The number of rotatable bonds is 3. The van der Waals surface area contributed by atoms with Crippen LogP contribution in [0.15, 0.2) is 47.4 Å². The van der Waals surface area contributed by atoms with Gasteiger partial charge in [-0.3, -0.25) is 0 Å². The normalized spacial score (nSPS) is 12.4. The lowest BCUT2D eigenvalue weighted by Gasteiger charge is -2.16. The second-order valence-corrected chi connectivity index (χ2v) is 5.50. The first kappa shape index (κ1) is 13.8. The molecule has 0 radical (unpaired) electrons. The third-order valence-corrected chi connectivity index (χ3v) is 4.06. The Labute approximate surface area is 121 Å². The fraction of sp³-hybridized carbons (Fsp3) is 0.143. The number of thioether (sulfide) groups is 1. The second-order valence-electron chi connectivity index (χ2n) is 3.81. The molecule has 0 spiro atoms. The van der Waals surface area contributed by atoms with Crippen LogP contribution in [0.4, 0.5) is 0 Å². The Morgan fingerprint density at radius 1 is 1.06 bits per heavy atom. The highest BCUT2D eigenvalue weighted by molar-refractivity contribution is 7.98. The van der Waals surface area contributed by atoms with Gasteiger partial charge in [0.25, 0.3) is 0 Å². The van der Waals surface area contributed by atoms with Crippen LogP contribution in [0.1, 0.15) is 17.2 Å². The van der Waals surface area contributed by atoms with E-state index in [2.05, 4.69) is 0 Å². The fourth-order valence-corrected chi connectivity index (χ4v) is 2.92. The van der Waals surface area contributed by atoms with Crippen molar-refractivity contribution in [3.8, 4) is 0 Å². The van der Waals surface area contributed by atoms with Crippen molar-refractivity contribution in [1.82, 2.24) is 0 Å². The van der Waals surface area contributed by atoms with Gasteiger partial charge in [-0.2, -0.15) is 0 Å². The van der Waals surface area contributed by atoms with Gasteiger partial charge >= 0.3 is 0 Å². The molecule has 1 nitrogen and oxygen atoms in total. The van der Waals surface area contributed by atoms with E-state index in [0.29, 0.717) is 15.6 Å². The summed E-state index contributed by atoms with van der Waals surface area (Å²) in [6.07, 6.45) is 1.24. The van der Waals surface area contributed by atoms with E-state index in [1.165, 1.54) is 0 Å². The molecule has 0 aliphatic carbocycles. The molecule has 2 rings (SSSR count). The van der Waals surface area contributed by atoms with Crippen molar-refractivity contribution in [2.75, 3.05) is 6.26 Å². The summed E-state index contributed by atoms with van der Waals surface area (Å²) >= 11 is 13.6. The molecule has 1 unspecified atom stereocenters. The highest BCUT2D eigenvalue weighted by Crippen LogP contribution is 2.34. The molecule has 94 valence electrons. The van der Waals surface area contributed by atoms with E-state index < -0.39 is 6.10 Å². The van der Waals surface area contributed by atoms with Gasteiger partial charge in [0, 0.05) is 20.5 Å². The van der Waals surface area contributed by atoms with Crippen LogP contribution in [0.3, 0.4) is 0 Å². The zero-order chi connectivity index (χ0) is 13.1. The summed E-state index contributed by atoms with van der Waals surface area (Å²) in [7, 11) is 0. The zero-order valence-corrected chi connectivity index (χ0v) is 12.1. The minimum atomic E-state index is -0.738. The van der Waals surface area contributed by atoms with Crippen LogP contribution < -0.4 is 0 Å². The molecule has 0 saturated heterocycles. The van der Waals surface area contributed by atoms with Crippen LogP contribution in [0.2, 0.25) is 10.0 Å². The van der Waals surface area contributed by atoms with Crippen molar-refractivity contribution in [2.45, 2.75) is 11.0 Å². The largest absolute Gasteiger partial charge is 0.384 e. The van der Waals surface area contributed by atoms with E-state index in [4.69, 9.17) is 23.2 Å². The van der Waals surface area contributed by atoms with Gasteiger partial charge < -0.3 is 5.11 Å². The van der Waals surface area contributed by atoms with Crippen LogP contribution in [0, 0.1) is 0 Å². The highest BCUT2D eigenvalue weighted by atomic mass is 35.5. The average Bonchev–Trinajstić information content (AvgIpc) is 2.38. The minimum Gasteiger partial charge on any atom is -0.384 e. The fourth-order valence-electron chi connectivity index (χ4n) is 1.78. The Balaban J connectivity index is 2.44. The molecule has 0 aromatic heterocycles. The summed E-state index contributed by atoms with van der Waals surface area (Å²) in [5.41, 5.74) is 1.52. The predicted octanol–water partition coefficient (Wildman–Crippen LogP) is 4.80. The SMILES string of the molecule is CSc1ccccc1C(O)c1ccc(Cl)cc1Cl. The maximum Gasteiger partial charge on any atom is 0.107 e. The molecule has 4 heteroatoms. The highest BCUT2D eigenvalue weighted by Gasteiger charge is 2.16. The van der Waals surface area contributed by atoms with Gasteiger partial charge in [0.2, 0.25) is 0 Å². The van der Waals surface area contributed by atoms with Gasteiger partial charge in [0.1, 0.15) is 6.10 Å². The van der Waals surface area contributed by atoms with E-state index in [-0.39, 0.29) is 0 Å². The Morgan fingerprint density at radius 2 is 1.78 bits per heavy atom. The molecular weight excluding hydrogens is 287 g/mol. The van der Waals surface area contributed by atoms with Crippen molar-refractivity contribution in [1.29, 1.82) is 0 Å². The van der Waals surface area contributed by atoms with Gasteiger partial charge in [-0.05, 0) is 30.0 Å². The average molecular weight is 299 g/mol. The molecule has 18 heavy (non-hydrogen) atoms. The molecule has 2 aromatic carbocycles. The maximum absolute atomic E-state index is 10.4. The lowest BCUT2D eigenvalue weighted by atomic mass is 10.0. The van der Waals surface area contributed by atoms with E-state index in [1.807, 2.05) is 30.5 Å². The molecule has 0 aliphatic rings. The molecule has 1 N–H and O–H groups in total. The van der Waals surface area contributed by atoms with Gasteiger partial charge in [-0.15, -0.1) is 11.8 Å². The van der Waals surface area contributed by atoms with E-state index in [9.17, 15) is 5.11 Å². The lowest BCUT2D eigenvalue weighted by molar-refractivity contribution is 0.217. The van der Waals surface area contributed by atoms with E-state index >= 15 is 0 Å². The lowest BCUT2D eigenvalue weighted by Crippen LogP contribution is -2.02. The molecule has 0 aliphatic heterocycles. The third kappa shape index (κ3) is 2.83. The molecule has 1 atom stereocenters. The number of aliphatic hydroxyl groups is 1. The summed E-state index contributed by atoms with van der Waals surface area (Å²) in [5, 5.41) is 11.5. The van der Waals surface area contributed by atoms with Crippen LogP contribution in [-0.2, 0) is 0 Å². The van der Waals surface area contributed by atoms with Crippen molar-refractivity contribution in [2.24, 2.45) is 0 Å². The maximum atomic E-state index is 10.4. The Morgan fingerprint density at radius 3 is 2.44 bits per heavy atom. The molecule has 0 fully saturated rings. The Kier molecular flexibility index (Phi) is 4.57. The van der Waals surface area contributed by atoms with Crippen molar-refractivity contribution in [3.63, 3.8) is 0 Å². The molecule has 2 aromatic rings. The smallest absolute Gasteiger partial charge is 0.107 e. The van der Waals surface area contributed by atoms with Crippen LogP contribution in [-0.4, -0.2) is 11.4 Å². The molecule has 0 amide bonds. The first-order chi connectivity index (χ1) is 8.63. The Bertz CT molecular complexity index is 557. The summed E-state index contributed by atoms with van der Waals surface area (Å²) in [6, 6.07) is 12.9. The number of hydrogen-bond donors (Lipinski definition) is 1. The summed E-state index contributed by atoms with van der Waals surface area (Å²) < 4.78 is 0. The van der Waals surface area contributed by atoms with Crippen LogP contribution >= 0.6 is 35.0 Å². The van der Waals surface area contributed by atoms with Gasteiger partial charge in [0.15, 0.2) is 0 Å². The Hall–Kier alpha value is -0.670. The number of halogens is 2. The van der Waals surface area contributed by atoms with Gasteiger partial charge in [0.05, 0.1) is 0 Å². The van der Waals surface area contributed by atoms with Gasteiger partial charge in [-0.25, -0.2) is 0 Å². The number of aliphatic hydroxyl groups excluding tert-OH is 1. The predicted molar refractivity (Wildman–Crippen MR) is 78.7 cm³/mol. The van der Waals surface area contributed by atoms with Crippen molar-refractivity contribution in [3.05, 3.63) is 63.6 Å². The summed E-state index contributed by atoms with van der Waals surface area (Å²) in [4.78, 5) is 1.04. The minimum absolute atomic E-state index is 0.478. The number of hydrogen-bond acceptors (Lipinski definition) is 2. The second kappa shape index (κ2) is 5.98. The van der Waals surface area contributed by atoms with E-state index in [0.717, 1.165) is 10.5 Å². The summed E-state index contributed by atoms with van der Waals surface area (Å²) in [5.74, 6) is 0. The van der Waals surface area contributed by atoms with E-state index in [1.54, 1.807) is 30.0 Å². The van der Waals surface area contributed by atoms with Crippen molar-refractivity contribution < 1.29 is 5.11 Å². The number of benzene rings is 2. The first-order valence-corrected chi connectivity index (χ1v) is 7.37. The topological polar surface area (TPSA) is 20.2 Å².